The largest absolute Gasteiger partial charge is 0.330 e. The minimum Gasteiger partial charge on any atom is -0.330 e. The monoisotopic (exact) mass is 249 g/mol. The van der Waals surface area contributed by atoms with Gasteiger partial charge in [-0.05, 0) is 45.4 Å². The highest BCUT2D eigenvalue weighted by molar-refractivity contribution is 5.17. The first-order valence-corrected chi connectivity index (χ1v) is 7.54. The molecule has 1 aromatic rings. The van der Waals surface area contributed by atoms with E-state index in [2.05, 4.69) is 42.0 Å². The minimum atomic E-state index is 0.514. The van der Waals surface area contributed by atoms with Crippen molar-refractivity contribution in [2.45, 2.75) is 71.4 Å². The number of rotatable bonds is 6. The van der Waals surface area contributed by atoms with Crippen LogP contribution < -0.4 is 5.32 Å². The van der Waals surface area contributed by atoms with E-state index >= 15 is 0 Å². The summed E-state index contributed by atoms with van der Waals surface area (Å²) in [6, 6.07) is 1.17. The van der Waals surface area contributed by atoms with Crippen molar-refractivity contribution < 1.29 is 0 Å². The molecule has 1 unspecified atom stereocenters. The third-order valence-electron chi connectivity index (χ3n) is 4.22. The normalized spacial score (nSPS) is 16.9. The molecule has 0 saturated carbocycles. The second-order valence-electron chi connectivity index (χ2n) is 5.52. The Morgan fingerprint density at radius 3 is 2.72 bits per heavy atom. The van der Waals surface area contributed by atoms with E-state index < -0.39 is 0 Å². The van der Waals surface area contributed by atoms with Crippen LogP contribution in [0.1, 0.15) is 63.9 Å². The first kappa shape index (κ1) is 13.6. The zero-order chi connectivity index (χ0) is 13.0. The molecule has 102 valence electrons. The Bertz CT molecular complexity index is 366. The van der Waals surface area contributed by atoms with Crippen molar-refractivity contribution in [1.82, 2.24) is 14.9 Å². The maximum absolute atomic E-state index is 4.58. The number of hydrogen-bond donors (Lipinski definition) is 1. The zero-order valence-electron chi connectivity index (χ0n) is 12.1. The van der Waals surface area contributed by atoms with Crippen LogP contribution in [0.15, 0.2) is 6.33 Å². The highest BCUT2D eigenvalue weighted by atomic mass is 15.1. The Morgan fingerprint density at radius 2 is 2.00 bits per heavy atom. The third-order valence-corrected chi connectivity index (χ3v) is 4.22. The van der Waals surface area contributed by atoms with Crippen LogP contribution in [0.5, 0.6) is 0 Å². The van der Waals surface area contributed by atoms with Gasteiger partial charge in [0, 0.05) is 24.3 Å². The number of hydrogen-bond acceptors (Lipinski definition) is 2. The van der Waals surface area contributed by atoms with Crippen LogP contribution in [0.25, 0.3) is 0 Å². The van der Waals surface area contributed by atoms with Gasteiger partial charge in [-0.1, -0.05) is 13.8 Å². The number of nitrogens with one attached hydrogen (secondary N) is 1. The molecule has 1 atom stereocenters. The van der Waals surface area contributed by atoms with Gasteiger partial charge in [-0.3, -0.25) is 0 Å². The molecule has 0 amide bonds. The van der Waals surface area contributed by atoms with Gasteiger partial charge in [0.05, 0.1) is 12.0 Å². The molecule has 1 heterocycles. The van der Waals surface area contributed by atoms with E-state index in [9.17, 15) is 0 Å². The average molecular weight is 249 g/mol. The highest BCUT2D eigenvalue weighted by Crippen LogP contribution is 2.22. The van der Waals surface area contributed by atoms with E-state index in [1.54, 1.807) is 0 Å². The van der Waals surface area contributed by atoms with Crippen molar-refractivity contribution in [2.75, 3.05) is 6.54 Å². The first-order valence-electron chi connectivity index (χ1n) is 7.54. The van der Waals surface area contributed by atoms with Crippen molar-refractivity contribution in [3.8, 4) is 0 Å². The SMILES string of the molecule is CCC(CC)NCC(C)n1cnc2c1CCCC2. The molecule has 18 heavy (non-hydrogen) atoms. The summed E-state index contributed by atoms with van der Waals surface area (Å²) in [4.78, 5) is 4.58. The summed E-state index contributed by atoms with van der Waals surface area (Å²) in [5.41, 5.74) is 2.83. The molecule has 0 spiro atoms. The Labute approximate surface area is 111 Å². The van der Waals surface area contributed by atoms with Crippen molar-refractivity contribution in [2.24, 2.45) is 0 Å². The number of fused-ring (bicyclic) bond motifs is 1. The van der Waals surface area contributed by atoms with Crippen LogP contribution in [0, 0.1) is 0 Å². The van der Waals surface area contributed by atoms with Gasteiger partial charge in [-0.2, -0.15) is 0 Å². The Balaban J connectivity index is 1.96. The highest BCUT2D eigenvalue weighted by Gasteiger charge is 2.18. The van der Waals surface area contributed by atoms with E-state index in [0.717, 1.165) is 6.54 Å². The van der Waals surface area contributed by atoms with Crippen LogP contribution >= 0.6 is 0 Å². The van der Waals surface area contributed by atoms with Gasteiger partial charge >= 0.3 is 0 Å². The lowest BCUT2D eigenvalue weighted by atomic mass is 10.0. The van der Waals surface area contributed by atoms with Crippen LogP contribution in [0.3, 0.4) is 0 Å². The molecule has 1 N–H and O–H groups in total. The summed E-state index contributed by atoms with van der Waals surface area (Å²) in [5.74, 6) is 0. The zero-order valence-corrected chi connectivity index (χ0v) is 12.1. The smallest absolute Gasteiger partial charge is 0.0954 e. The molecule has 0 saturated heterocycles. The van der Waals surface area contributed by atoms with Crippen LogP contribution in [0.2, 0.25) is 0 Å². The molecule has 2 rings (SSSR count). The topological polar surface area (TPSA) is 29.9 Å². The van der Waals surface area contributed by atoms with Crippen molar-refractivity contribution in [1.29, 1.82) is 0 Å². The lowest BCUT2D eigenvalue weighted by molar-refractivity contribution is 0.413. The number of aryl methyl sites for hydroxylation is 1. The van der Waals surface area contributed by atoms with Crippen LogP contribution in [-0.2, 0) is 12.8 Å². The molecular weight excluding hydrogens is 222 g/mol. The van der Waals surface area contributed by atoms with Gasteiger partial charge in [-0.15, -0.1) is 0 Å². The second-order valence-corrected chi connectivity index (χ2v) is 5.52. The average Bonchev–Trinajstić information content (AvgIpc) is 2.83. The van der Waals surface area contributed by atoms with Crippen molar-refractivity contribution in [3.63, 3.8) is 0 Å². The van der Waals surface area contributed by atoms with Gasteiger partial charge in [0.15, 0.2) is 0 Å². The molecule has 3 heteroatoms. The molecule has 0 radical (unpaired) electrons. The van der Waals surface area contributed by atoms with Crippen LogP contribution in [-0.4, -0.2) is 22.1 Å². The fourth-order valence-corrected chi connectivity index (χ4v) is 2.88. The van der Waals surface area contributed by atoms with Gasteiger partial charge in [0.25, 0.3) is 0 Å². The van der Waals surface area contributed by atoms with E-state index in [1.807, 2.05) is 0 Å². The number of nitrogens with zero attached hydrogens (tertiary/aromatic N) is 2. The summed E-state index contributed by atoms with van der Waals surface area (Å²) in [6.45, 7) is 7.86. The van der Waals surface area contributed by atoms with Gasteiger partial charge < -0.3 is 9.88 Å². The Kier molecular flexibility index (Phi) is 4.81. The van der Waals surface area contributed by atoms with E-state index in [1.165, 1.54) is 49.9 Å². The van der Waals surface area contributed by atoms with E-state index in [4.69, 9.17) is 0 Å². The van der Waals surface area contributed by atoms with Gasteiger partial charge in [0.2, 0.25) is 0 Å². The van der Waals surface area contributed by atoms with Crippen molar-refractivity contribution in [3.05, 3.63) is 17.7 Å². The molecule has 1 aromatic heterocycles. The first-order chi connectivity index (χ1) is 8.76. The van der Waals surface area contributed by atoms with Gasteiger partial charge in [-0.25, -0.2) is 4.98 Å². The van der Waals surface area contributed by atoms with Crippen molar-refractivity contribution >= 4 is 0 Å². The number of aromatic nitrogens is 2. The predicted octanol–water partition coefficient (Wildman–Crippen LogP) is 3.10. The standard InChI is InChI=1S/C15H27N3/c1-4-13(5-2)16-10-12(3)18-11-17-14-8-6-7-9-15(14)18/h11-13,16H,4-10H2,1-3H3. The Morgan fingerprint density at radius 1 is 1.28 bits per heavy atom. The lowest BCUT2D eigenvalue weighted by Crippen LogP contribution is -2.33. The predicted molar refractivity (Wildman–Crippen MR) is 76.0 cm³/mol. The quantitative estimate of drug-likeness (QED) is 0.839. The summed E-state index contributed by atoms with van der Waals surface area (Å²) in [5, 5.41) is 3.67. The van der Waals surface area contributed by atoms with E-state index in [0.29, 0.717) is 12.1 Å². The molecule has 0 fully saturated rings. The molecule has 1 aliphatic carbocycles. The molecular formula is C15H27N3. The molecule has 0 bridgehead atoms. The fourth-order valence-electron chi connectivity index (χ4n) is 2.88. The third kappa shape index (κ3) is 2.94. The summed E-state index contributed by atoms with van der Waals surface area (Å²) < 4.78 is 2.39. The fraction of sp³-hybridized carbons (Fsp3) is 0.800. The maximum Gasteiger partial charge on any atom is 0.0954 e. The maximum atomic E-state index is 4.58. The molecule has 3 nitrogen and oxygen atoms in total. The second kappa shape index (κ2) is 6.37. The molecule has 0 aliphatic heterocycles. The van der Waals surface area contributed by atoms with E-state index in [-0.39, 0.29) is 0 Å². The Hall–Kier alpha value is -0.830. The minimum absolute atomic E-state index is 0.514. The number of imidazole rings is 1. The van der Waals surface area contributed by atoms with Crippen LogP contribution in [0.4, 0.5) is 0 Å². The molecule has 1 aliphatic rings. The summed E-state index contributed by atoms with van der Waals surface area (Å²) in [6.07, 6.45) is 9.50. The summed E-state index contributed by atoms with van der Waals surface area (Å²) in [7, 11) is 0. The van der Waals surface area contributed by atoms with Gasteiger partial charge in [0.1, 0.15) is 0 Å². The lowest BCUT2D eigenvalue weighted by Gasteiger charge is -2.22. The summed E-state index contributed by atoms with van der Waals surface area (Å²) >= 11 is 0. The molecule has 0 aromatic carbocycles.